The van der Waals surface area contributed by atoms with Crippen LogP contribution in [0.25, 0.3) is 34.2 Å². The smallest absolute Gasteiger partial charge is 0.137 e. The molecule has 0 aliphatic heterocycles. The van der Waals surface area contributed by atoms with Crippen molar-refractivity contribution in [3.05, 3.63) is 88.7 Å². The lowest BCUT2D eigenvalue weighted by molar-refractivity contribution is 0.561. The van der Waals surface area contributed by atoms with E-state index >= 15 is 0 Å². The Morgan fingerprint density at radius 1 is 1.04 bits per heavy atom. The maximum Gasteiger partial charge on any atom is 0.137 e. The van der Waals surface area contributed by atoms with Crippen LogP contribution < -0.4 is 0 Å². The molecular weight excluding hydrogens is 359 g/mol. The molecule has 2 heterocycles. The topological polar surface area (TPSA) is 49.8 Å². The minimum Gasteiger partial charge on any atom is -0.457 e. The minimum atomic E-state index is -0.352. The number of aromatic nitrogens is 1. The van der Waals surface area contributed by atoms with E-state index in [9.17, 15) is 9.65 Å². The van der Waals surface area contributed by atoms with Gasteiger partial charge in [0.15, 0.2) is 0 Å². The molecule has 4 aromatic rings. The molecule has 5 heteroatoms. The number of furan rings is 1. The molecule has 27 heavy (non-hydrogen) atoms. The average Bonchev–Trinajstić information content (AvgIpc) is 3.37. The molecule has 0 spiro atoms. The highest BCUT2D eigenvalue weighted by Crippen LogP contribution is 2.29. The first-order chi connectivity index (χ1) is 13.2. The summed E-state index contributed by atoms with van der Waals surface area (Å²) in [4.78, 5) is 4.55. The summed E-state index contributed by atoms with van der Waals surface area (Å²) < 4.78 is 19.6. The molecule has 0 radical (unpaired) electrons. The average molecular weight is 372 g/mol. The normalized spacial score (nSPS) is 11.3. The van der Waals surface area contributed by atoms with Gasteiger partial charge in [0.05, 0.1) is 16.8 Å². The van der Waals surface area contributed by atoms with Crippen LogP contribution in [0, 0.1) is 17.1 Å². The van der Waals surface area contributed by atoms with Crippen LogP contribution in [0.4, 0.5) is 4.39 Å². The van der Waals surface area contributed by atoms with Crippen molar-refractivity contribution >= 4 is 23.0 Å². The molecule has 130 valence electrons. The van der Waals surface area contributed by atoms with E-state index in [1.165, 1.54) is 17.4 Å². The predicted octanol–water partition coefficient (Wildman–Crippen LogP) is 6.27. The lowest BCUT2D eigenvalue weighted by Gasteiger charge is -1.98. The molecule has 0 saturated heterocycles. The Hall–Kier alpha value is -3.49. The number of halogens is 1. The molecule has 2 aromatic heterocycles. The van der Waals surface area contributed by atoms with Crippen LogP contribution in [0.2, 0.25) is 0 Å². The molecule has 0 aliphatic rings. The van der Waals surface area contributed by atoms with Gasteiger partial charge in [-0.15, -0.1) is 11.3 Å². The third-order valence-corrected chi connectivity index (χ3v) is 4.85. The number of nitriles is 1. The van der Waals surface area contributed by atoms with Gasteiger partial charge in [-0.25, -0.2) is 9.37 Å². The molecule has 0 aliphatic carbocycles. The van der Waals surface area contributed by atoms with Gasteiger partial charge in [0.2, 0.25) is 0 Å². The maximum absolute atomic E-state index is 13.9. The number of hydrogen-bond donors (Lipinski definition) is 0. The monoisotopic (exact) mass is 372 g/mol. The molecular formula is C22H13FN2OS. The zero-order valence-corrected chi connectivity index (χ0v) is 14.9. The van der Waals surface area contributed by atoms with Gasteiger partial charge < -0.3 is 4.42 Å². The molecule has 0 fully saturated rings. The summed E-state index contributed by atoms with van der Waals surface area (Å²) in [6.07, 6.45) is 1.62. The minimum absolute atomic E-state index is 0.352. The lowest BCUT2D eigenvalue weighted by Crippen LogP contribution is -1.82. The first-order valence-electron chi connectivity index (χ1n) is 8.22. The first-order valence-corrected chi connectivity index (χ1v) is 9.10. The zero-order chi connectivity index (χ0) is 18.6. The van der Waals surface area contributed by atoms with Gasteiger partial charge >= 0.3 is 0 Å². The third kappa shape index (κ3) is 3.57. The van der Waals surface area contributed by atoms with Gasteiger partial charge in [-0.2, -0.15) is 5.26 Å². The quantitative estimate of drug-likeness (QED) is 0.397. The second-order valence-electron chi connectivity index (χ2n) is 5.76. The van der Waals surface area contributed by atoms with Crippen molar-refractivity contribution in [1.82, 2.24) is 4.98 Å². The molecule has 3 nitrogen and oxygen atoms in total. The van der Waals surface area contributed by atoms with Gasteiger partial charge in [-0.1, -0.05) is 42.5 Å². The largest absolute Gasteiger partial charge is 0.457 e. The van der Waals surface area contributed by atoms with E-state index in [1.807, 2.05) is 35.7 Å². The summed E-state index contributed by atoms with van der Waals surface area (Å²) in [5.74, 6) is 0.539. The predicted molar refractivity (Wildman–Crippen MR) is 105 cm³/mol. The number of thiazole rings is 1. The Morgan fingerprint density at radius 3 is 2.59 bits per heavy atom. The fourth-order valence-corrected chi connectivity index (χ4v) is 3.45. The molecule has 0 bridgehead atoms. The van der Waals surface area contributed by atoms with E-state index in [0.29, 0.717) is 27.7 Å². The number of hydrogen-bond acceptors (Lipinski definition) is 4. The molecule has 0 N–H and O–H groups in total. The van der Waals surface area contributed by atoms with Gasteiger partial charge in [0, 0.05) is 17.0 Å². The van der Waals surface area contributed by atoms with Crippen molar-refractivity contribution < 1.29 is 8.81 Å². The van der Waals surface area contributed by atoms with Crippen LogP contribution in [0.5, 0.6) is 0 Å². The van der Waals surface area contributed by atoms with Gasteiger partial charge in [-0.3, -0.25) is 0 Å². The highest BCUT2D eigenvalue weighted by atomic mass is 32.1. The summed E-state index contributed by atoms with van der Waals surface area (Å²) in [5.41, 5.74) is 2.60. The van der Waals surface area contributed by atoms with E-state index in [1.54, 1.807) is 36.4 Å². The first kappa shape index (κ1) is 17.0. The van der Waals surface area contributed by atoms with E-state index in [2.05, 4.69) is 11.1 Å². The van der Waals surface area contributed by atoms with Crippen molar-refractivity contribution in [2.45, 2.75) is 0 Å². The molecule has 0 saturated carbocycles. The summed E-state index contributed by atoms with van der Waals surface area (Å²) in [5, 5.41) is 12.1. The van der Waals surface area contributed by atoms with E-state index in [-0.39, 0.29) is 5.82 Å². The van der Waals surface area contributed by atoms with Crippen LogP contribution >= 0.6 is 11.3 Å². The molecule has 0 amide bonds. The standard InChI is InChI=1S/C22H13FN2OS/c23-19-9-5-4-8-18(19)21-11-10-17(26-21)12-16(13-24)22-25-20(14-27-22)15-6-2-1-3-7-15/h1-12,14H/b16-12+. The lowest BCUT2D eigenvalue weighted by atomic mass is 10.1. The summed E-state index contributed by atoms with van der Waals surface area (Å²) >= 11 is 1.40. The molecule has 0 unspecified atom stereocenters. The fraction of sp³-hybridized carbons (Fsp3) is 0. The number of nitrogens with zero attached hydrogens (tertiary/aromatic N) is 2. The summed E-state index contributed by atoms with van der Waals surface area (Å²) in [6.45, 7) is 0. The highest BCUT2D eigenvalue weighted by Gasteiger charge is 2.12. The Kier molecular flexibility index (Phi) is 4.65. The Bertz CT molecular complexity index is 1150. The zero-order valence-electron chi connectivity index (χ0n) is 14.1. The van der Waals surface area contributed by atoms with Crippen LogP contribution in [0.3, 0.4) is 0 Å². The number of allylic oxidation sites excluding steroid dienone is 1. The second kappa shape index (κ2) is 7.40. The van der Waals surface area contributed by atoms with Crippen LogP contribution in [0.15, 0.2) is 76.5 Å². The van der Waals surface area contributed by atoms with Crippen LogP contribution in [0.1, 0.15) is 10.8 Å². The van der Waals surface area contributed by atoms with Gasteiger partial charge in [-0.05, 0) is 24.3 Å². The number of benzene rings is 2. The Labute approximate surface area is 159 Å². The van der Waals surface area contributed by atoms with Crippen molar-refractivity contribution in [1.29, 1.82) is 5.26 Å². The van der Waals surface area contributed by atoms with Crippen molar-refractivity contribution in [2.75, 3.05) is 0 Å². The van der Waals surface area contributed by atoms with Gasteiger partial charge in [0.1, 0.15) is 28.4 Å². The SMILES string of the molecule is N#C/C(=C\c1ccc(-c2ccccc2F)o1)c1nc(-c2ccccc2)cs1. The molecule has 0 atom stereocenters. The Morgan fingerprint density at radius 2 is 1.81 bits per heavy atom. The van der Waals surface area contributed by atoms with Crippen molar-refractivity contribution in [3.63, 3.8) is 0 Å². The third-order valence-electron chi connectivity index (χ3n) is 3.98. The van der Waals surface area contributed by atoms with E-state index < -0.39 is 0 Å². The molecule has 4 rings (SSSR count). The highest BCUT2D eigenvalue weighted by molar-refractivity contribution is 7.11. The summed E-state index contributed by atoms with van der Waals surface area (Å²) in [7, 11) is 0. The molecule has 2 aromatic carbocycles. The van der Waals surface area contributed by atoms with Crippen LogP contribution in [-0.2, 0) is 0 Å². The van der Waals surface area contributed by atoms with E-state index in [0.717, 1.165) is 11.3 Å². The number of rotatable bonds is 4. The van der Waals surface area contributed by atoms with E-state index in [4.69, 9.17) is 4.42 Å². The van der Waals surface area contributed by atoms with Gasteiger partial charge in [0.25, 0.3) is 0 Å². The van der Waals surface area contributed by atoms with Crippen LogP contribution in [-0.4, -0.2) is 4.98 Å². The Balaban J connectivity index is 1.64. The summed E-state index contributed by atoms with van der Waals surface area (Å²) in [6, 6.07) is 21.8. The van der Waals surface area contributed by atoms with Crippen molar-refractivity contribution in [3.8, 4) is 28.7 Å². The maximum atomic E-state index is 13.9. The fourth-order valence-electron chi connectivity index (χ4n) is 2.66. The van der Waals surface area contributed by atoms with Crippen molar-refractivity contribution in [2.24, 2.45) is 0 Å². The second-order valence-corrected chi connectivity index (χ2v) is 6.61.